The largest absolute Gasteiger partial charge is 0.456 e. The molecule has 1 saturated heterocycles. The Morgan fingerprint density at radius 3 is 2.70 bits per heavy atom. The molecule has 1 aliphatic heterocycles. The van der Waals surface area contributed by atoms with Gasteiger partial charge in [0.1, 0.15) is 5.76 Å². The molecule has 5 heteroatoms. The van der Waals surface area contributed by atoms with Gasteiger partial charge in [-0.25, -0.2) is 0 Å². The number of hydrogen-bond acceptors (Lipinski definition) is 4. The molecule has 126 valence electrons. The summed E-state index contributed by atoms with van der Waals surface area (Å²) in [6.07, 6.45) is 8.68. The van der Waals surface area contributed by atoms with Gasteiger partial charge in [-0.2, -0.15) is 0 Å². The summed E-state index contributed by atoms with van der Waals surface area (Å²) < 4.78 is 5.38. The van der Waals surface area contributed by atoms with Crippen molar-refractivity contribution in [2.75, 3.05) is 13.1 Å². The van der Waals surface area contributed by atoms with Gasteiger partial charge < -0.3 is 9.73 Å². The first-order valence-corrected chi connectivity index (χ1v) is 8.78. The molecule has 1 amide bonds. The zero-order chi connectivity index (χ0) is 16.2. The summed E-state index contributed by atoms with van der Waals surface area (Å²) in [5.41, 5.74) is -0.189. The number of aryl methyl sites for hydroxylation is 1. The molecule has 1 atom stereocenters. The van der Waals surface area contributed by atoms with Crippen LogP contribution in [-0.4, -0.2) is 36.0 Å². The van der Waals surface area contributed by atoms with Crippen molar-refractivity contribution in [3.8, 4) is 0 Å². The summed E-state index contributed by atoms with van der Waals surface area (Å²) in [6.45, 7) is 3.73. The van der Waals surface area contributed by atoms with Crippen LogP contribution in [-0.2, 0) is 0 Å². The average molecular weight is 318 g/mol. The van der Waals surface area contributed by atoms with Crippen LogP contribution >= 0.6 is 0 Å². The van der Waals surface area contributed by atoms with E-state index in [1.807, 2.05) is 0 Å². The van der Waals surface area contributed by atoms with Gasteiger partial charge in [-0.15, -0.1) is 0 Å². The molecule has 2 aliphatic rings. The molecule has 0 spiro atoms. The summed E-state index contributed by atoms with van der Waals surface area (Å²) in [7, 11) is 0. The Kier molecular flexibility index (Phi) is 5.16. The second kappa shape index (κ2) is 7.30. The minimum absolute atomic E-state index is 0.116. The molecule has 5 nitrogen and oxygen atoms in total. The zero-order valence-corrected chi connectivity index (χ0v) is 13.8. The van der Waals surface area contributed by atoms with Crippen molar-refractivity contribution in [3.63, 3.8) is 0 Å². The van der Waals surface area contributed by atoms with E-state index in [1.165, 1.54) is 44.2 Å². The Morgan fingerprint density at radius 1 is 1.17 bits per heavy atom. The molecular weight excluding hydrogens is 292 g/mol. The van der Waals surface area contributed by atoms with Crippen LogP contribution in [0.2, 0.25) is 0 Å². The lowest BCUT2D eigenvalue weighted by atomic mass is 9.92. The molecule has 3 rings (SSSR count). The second-order valence-electron chi connectivity index (χ2n) is 6.87. The maximum absolute atomic E-state index is 12.3. The minimum Gasteiger partial charge on any atom is -0.456 e. The number of rotatable bonds is 3. The third kappa shape index (κ3) is 4.22. The van der Waals surface area contributed by atoms with Crippen molar-refractivity contribution in [3.05, 3.63) is 33.9 Å². The lowest BCUT2D eigenvalue weighted by molar-refractivity contribution is 0.0809. The third-order valence-electron chi connectivity index (χ3n) is 4.99. The normalized spacial score (nSPS) is 23.6. The zero-order valence-electron chi connectivity index (χ0n) is 13.8. The van der Waals surface area contributed by atoms with Crippen LogP contribution in [0.25, 0.3) is 0 Å². The molecular formula is C18H26N2O3. The molecule has 2 fully saturated rings. The van der Waals surface area contributed by atoms with Crippen LogP contribution in [0.4, 0.5) is 0 Å². The van der Waals surface area contributed by atoms with Gasteiger partial charge in [-0.3, -0.25) is 14.5 Å². The van der Waals surface area contributed by atoms with Crippen LogP contribution in [0, 0.1) is 6.92 Å². The predicted molar refractivity (Wildman–Crippen MR) is 88.6 cm³/mol. The summed E-state index contributed by atoms with van der Waals surface area (Å²) in [5, 5.41) is 3.05. The van der Waals surface area contributed by atoms with E-state index in [4.69, 9.17) is 4.42 Å². The fourth-order valence-corrected chi connectivity index (χ4v) is 3.87. The van der Waals surface area contributed by atoms with Crippen LogP contribution < -0.4 is 10.7 Å². The van der Waals surface area contributed by atoms with Gasteiger partial charge in [-0.1, -0.05) is 19.3 Å². The Bertz CT molecular complexity index is 605. The van der Waals surface area contributed by atoms with Crippen molar-refractivity contribution >= 4 is 5.91 Å². The summed E-state index contributed by atoms with van der Waals surface area (Å²) >= 11 is 0. The van der Waals surface area contributed by atoms with E-state index in [2.05, 4.69) is 10.2 Å². The predicted octanol–water partition coefficient (Wildman–Crippen LogP) is 2.48. The summed E-state index contributed by atoms with van der Waals surface area (Å²) in [6, 6.07) is 3.48. The van der Waals surface area contributed by atoms with E-state index in [0.717, 1.165) is 25.9 Å². The number of amides is 1. The average Bonchev–Trinajstić information content (AvgIpc) is 2.55. The number of nitrogens with zero attached hydrogens (tertiary/aromatic N) is 1. The van der Waals surface area contributed by atoms with Crippen molar-refractivity contribution in [2.45, 2.75) is 64.0 Å². The van der Waals surface area contributed by atoms with E-state index in [0.29, 0.717) is 11.8 Å². The van der Waals surface area contributed by atoms with E-state index in [1.54, 1.807) is 6.92 Å². The highest BCUT2D eigenvalue weighted by Gasteiger charge is 2.28. The lowest BCUT2D eigenvalue weighted by Gasteiger charge is -2.40. The first-order valence-electron chi connectivity index (χ1n) is 8.78. The molecule has 0 aromatic carbocycles. The topological polar surface area (TPSA) is 62.6 Å². The summed E-state index contributed by atoms with van der Waals surface area (Å²) in [4.78, 5) is 26.4. The van der Waals surface area contributed by atoms with Gasteiger partial charge in [-0.05, 0) is 39.2 Å². The number of carbonyl (C=O) groups is 1. The van der Waals surface area contributed by atoms with Crippen LogP contribution in [0.5, 0.6) is 0 Å². The molecule has 1 aromatic rings. The SMILES string of the molecule is Cc1cc(=O)cc(C(=O)NC2CCCN(C3CCCCC3)C2)o1. The van der Waals surface area contributed by atoms with Gasteiger partial charge >= 0.3 is 0 Å². The maximum atomic E-state index is 12.3. The Balaban J connectivity index is 1.60. The molecule has 2 heterocycles. The van der Waals surface area contributed by atoms with E-state index in [-0.39, 0.29) is 23.1 Å². The molecule has 0 bridgehead atoms. The number of nitrogens with one attached hydrogen (secondary N) is 1. The van der Waals surface area contributed by atoms with Crippen LogP contribution in [0.1, 0.15) is 61.3 Å². The fourth-order valence-electron chi connectivity index (χ4n) is 3.87. The monoisotopic (exact) mass is 318 g/mol. The summed E-state index contributed by atoms with van der Waals surface area (Å²) in [5.74, 6) is 0.307. The van der Waals surface area contributed by atoms with E-state index < -0.39 is 0 Å². The van der Waals surface area contributed by atoms with Gasteiger partial charge in [0.25, 0.3) is 5.91 Å². The highest BCUT2D eigenvalue weighted by molar-refractivity contribution is 5.91. The first kappa shape index (κ1) is 16.2. The third-order valence-corrected chi connectivity index (χ3v) is 4.99. The highest BCUT2D eigenvalue weighted by Crippen LogP contribution is 2.25. The molecule has 1 saturated carbocycles. The highest BCUT2D eigenvalue weighted by atomic mass is 16.3. The van der Waals surface area contributed by atoms with E-state index in [9.17, 15) is 9.59 Å². The van der Waals surface area contributed by atoms with Gasteiger partial charge in [0.05, 0.1) is 0 Å². The molecule has 1 aliphatic carbocycles. The molecule has 1 unspecified atom stereocenters. The van der Waals surface area contributed by atoms with Gasteiger partial charge in [0.2, 0.25) is 0 Å². The molecule has 23 heavy (non-hydrogen) atoms. The molecule has 1 N–H and O–H groups in total. The van der Waals surface area contributed by atoms with Crippen molar-refractivity contribution in [1.29, 1.82) is 0 Å². The van der Waals surface area contributed by atoms with Crippen molar-refractivity contribution in [1.82, 2.24) is 10.2 Å². The van der Waals surface area contributed by atoms with Crippen LogP contribution in [0.3, 0.4) is 0 Å². The molecule has 1 aromatic heterocycles. The van der Waals surface area contributed by atoms with E-state index >= 15 is 0 Å². The second-order valence-corrected chi connectivity index (χ2v) is 6.87. The first-order chi connectivity index (χ1) is 11.1. The Labute approximate surface area is 137 Å². The minimum atomic E-state index is -0.277. The fraction of sp³-hybridized carbons (Fsp3) is 0.667. The molecule has 0 radical (unpaired) electrons. The van der Waals surface area contributed by atoms with Gasteiger partial charge in [0.15, 0.2) is 11.2 Å². The Morgan fingerprint density at radius 2 is 1.96 bits per heavy atom. The van der Waals surface area contributed by atoms with Crippen molar-refractivity contribution in [2.24, 2.45) is 0 Å². The lowest BCUT2D eigenvalue weighted by Crippen LogP contribution is -2.51. The number of carbonyl (C=O) groups excluding carboxylic acids is 1. The number of hydrogen-bond donors (Lipinski definition) is 1. The number of likely N-dealkylation sites (tertiary alicyclic amines) is 1. The smallest absolute Gasteiger partial charge is 0.287 e. The number of piperidine rings is 1. The maximum Gasteiger partial charge on any atom is 0.287 e. The van der Waals surface area contributed by atoms with Gasteiger partial charge in [0, 0.05) is 30.8 Å². The van der Waals surface area contributed by atoms with Crippen LogP contribution in [0.15, 0.2) is 21.3 Å². The van der Waals surface area contributed by atoms with Crippen molar-refractivity contribution < 1.29 is 9.21 Å². The standard InChI is InChI=1S/C18H26N2O3/c1-13-10-16(21)11-17(23-13)18(22)19-14-6-5-9-20(12-14)15-7-3-2-4-8-15/h10-11,14-15H,2-9,12H2,1H3,(H,19,22). The quantitative estimate of drug-likeness (QED) is 0.930. The Hall–Kier alpha value is -1.62.